The van der Waals surface area contributed by atoms with E-state index in [1.807, 2.05) is 0 Å². The van der Waals surface area contributed by atoms with Crippen LogP contribution in [0.3, 0.4) is 0 Å². The average Bonchev–Trinajstić information content (AvgIpc) is 2.77. The highest BCUT2D eigenvalue weighted by molar-refractivity contribution is 6.31. The molecule has 2 aromatic carbocycles. The molecule has 0 fully saturated rings. The van der Waals surface area contributed by atoms with E-state index in [-0.39, 0.29) is 12.0 Å². The first kappa shape index (κ1) is 12.9. The van der Waals surface area contributed by atoms with Gasteiger partial charge in [0.25, 0.3) is 0 Å². The number of nitrogens with two attached hydrogens (primary N) is 1. The number of aromatic amines is 1. The molecule has 3 nitrogen and oxygen atoms in total. The molecule has 0 aliphatic heterocycles. The maximum Gasteiger partial charge on any atom is 0.129 e. The molecule has 6 heteroatoms. The number of nitrogen functional groups attached to an aromatic ring is 1. The Balaban J connectivity index is 2.06. The largest absolute Gasteiger partial charge is 0.397 e. The Kier molecular flexibility index (Phi) is 3.06. The molecule has 3 rings (SSSR count). The first-order valence-corrected chi connectivity index (χ1v) is 6.29. The summed E-state index contributed by atoms with van der Waals surface area (Å²) >= 11 is 5.90. The topological polar surface area (TPSA) is 54.7 Å². The van der Waals surface area contributed by atoms with Crippen LogP contribution in [0.5, 0.6) is 0 Å². The van der Waals surface area contributed by atoms with E-state index in [0.717, 1.165) is 0 Å². The van der Waals surface area contributed by atoms with E-state index in [9.17, 15) is 8.78 Å². The molecule has 1 heterocycles. The van der Waals surface area contributed by atoms with E-state index >= 15 is 0 Å². The summed E-state index contributed by atoms with van der Waals surface area (Å²) in [6, 6.07) is 7.00. The van der Waals surface area contributed by atoms with Crippen LogP contribution < -0.4 is 5.73 Å². The van der Waals surface area contributed by atoms with Gasteiger partial charge in [0.05, 0.1) is 11.2 Å². The Hall–Kier alpha value is -2.14. The fourth-order valence-electron chi connectivity index (χ4n) is 2.11. The molecule has 0 radical (unpaired) electrons. The van der Waals surface area contributed by atoms with Crippen molar-refractivity contribution in [3.05, 3.63) is 58.4 Å². The van der Waals surface area contributed by atoms with Crippen LogP contribution in [-0.4, -0.2) is 9.97 Å². The number of halogens is 3. The fraction of sp³-hybridized carbons (Fsp3) is 0.0714. The Bertz CT molecular complexity index is 778. The Labute approximate surface area is 118 Å². The van der Waals surface area contributed by atoms with Crippen molar-refractivity contribution in [3.63, 3.8) is 0 Å². The molecule has 3 N–H and O–H groups in total. The van der Waals surface area contributed by atoms with E-state index in [2.05, 4.69) is 9.97 Å². The van der Waals surface area contributed by atoms with Crippen LogP contribution in [0, 0.1) is 11.6 Å². The second kappa shape index (κ2) is 4.76. The molecule has 0 bridgehead atoms. The highest BCUT2D eigenvalue weighted by Crippen LogP contribution is 2.25. The highest BCUT2D eigenvalue weighted by atomic mass is 35.5. The summed E-state index contributed by atoms with van der Waals surface area (Å²) in [7, 11) is 0. The molecule has 1 aromatic heterocycles. The van der Waals surface area contributed by atoms with E-state index in [0.29, 0.717) is 27.6 Å². The third-order valence-electron chi connectivity index (χ3n) is 3.04. The summed E-state index contributed by atoms with van der Waals surface area (Å²) in [6.07, 6.45) is 0.0181. The van der Waals surface area contributed by atoms with Crippen molar-refractivity contribution in [2.75, 3.05) is 5.73 Å². The minimum absolute atomic E-state index is 0.0181. The highest BCUT2D eigenvalue weighted by Gasteiger charge is 2.13. The SMILES string of the molecule is Nc1cc(Cl)cc2[nH]c(Cc3c(F)cccc3F)nc12. The van der Waals surface area contributed by atoms with Crippen molar-refractivity contribution in [1.29, 1.82) is 0 Å². The maximum atomic E-state index is 13.6. The van der Waals surface area contributed by atoms with Gasteiger partial charge in [0.1, 0.15) is 23.0 Å². The quantitative estimate of drug-likeness (QED) is 0.708. The second-order valence-electron chi connectivity index (χ2n) is 4.45. The lowest BCUT2D eigenvalue weighted by Crippen LogP contribution is -1.98. The van der Waals surface area contributed by atoms with Gasteiger partial charge in [-0.1, -0.05) is 17.7 Å². The van der Waals surface area contributed by atoms with Gasteiger partial charge < -0.3 is 10.7 Å². The number of hydrogen-bond acceptors (Lipinski definition) is 2. The normalized spacial score (nSPS) is 11.2. The van der Waals surface area contributed by atoms with Gasteiger partial charge in [-0.05, 0) is 24.3 Å². The van der Waals surface area contributed by atoms with Crippen molar-refractivity contribution in [2.24, 2.45) is 0 Å². The predicted octanol–water partition coefficient (Wildman–Crippen LogP) is 3.67. The third kappa shape index (κ3) is 2.20. The number of imidazole rings is 1. The monoisotopic (exact) mass is 293 g/mol. The average molecular weight is 294 g/mol. The molecule has 0 amide bonds. The lowest BCUT2D eigenvalue weighted by atomic mass is 10.1. The fourth-order valence-corrected chi connectivity index (χ4v) is 2.34. The summed E-state index contributed by atoms with van der Waals surface area (Å²) in [6.45, 7) is 0. The van der Waals surface area contributed by atoms with E-state index in [1.165, 1.54) is 18.2 Å². The number of fused-ring (bicyclic) bond motifs is 1. The number of H-pyrrole nitrogens is 1. The molecule has 20 heavy (non-hydrogen) atoms. The molecule has 0 aliphatic rings. The van der Waals surface area contributed by atoms with Gasteiger partial charge in [0.2, 0.25) is 0 Å². The van der Waals surface area contributed by atoms with E-state index in [1.54, 1.807) is 12.1 Å². The Morgan fingerprint density at radius 1 is 1.20 bits per heavy atom. The molecule has 0 atom stereocenters. The van der Waals surface area contributed by atoms with Crippen molar-refractivity contribution >= 4 is 28.3 Å². The lowest BCUT2D eigenvalue weighted by Gasteiger charge is -2.01. The van der Waals surface area contributed by atoms with Crippen LogP contribution in [-0.2, 0) is 6.42 Å². The second-order valence-corrected chi connectivity index (χ2v) is 4.89. The molecule has 3 aromatic rings. The number of nitrogens with one attached hydrogen (secondary N) is 1. The van der Waals surface area contributed by atoms with Crippen LogP contribution in [0.25, 0.3) is 11.0 Å². The Morgan fingerprint density at radius 3 is 2.60 bits per heavy atom. The smallest absolute Gasteiger partial charge is 0.129 e. The minimum Gasteiger partial charge on any atom is -0.397 e. The lowest BCUT2D eigenvalue weighted by molar-refractivity contribution is 0.559. The maximum absolute atomic E-state index is 13.6. The van der Waals surface area contributed by atoms with Crippen LogP contribution in [0.4, 0.5) is 14.5 Å². The van der Waals surface area contributed by atoms with Crippen LogP contribution in [0.1, 0.15) is 11.4 Å². The van der Waals surface area contributed by atoms with Crippen LogP contribution in [0.15, 0.2) is 30.3 Å². The summed E-state index contributed by atoms with van der Waals surface area (Å²) < 4.78 is 27.2. The van der Waals surface area contributed by atoms with Crippen molar-refractivity contribution in [3.8, 4) is 0 Å². The first-order chi connectivity index (χ1) is 9.54. The zero-order valence-corrected chi connectivity index (χ0v) is 11.0. The number of benzene rings is 2. The summed E-state index contributed by atoms with van der Waals surface area (Å²) in [5, 5.41) is 0.474. The molecule has 0 saturated heterocycles. The Morgan fingerprint density at radius 2 is 1.90 bits per heavy atom. The standard InChI is InChI=1S/C14H10ClF2N3/c15-7-4-11(18)14-12(5-7)19-13(20-14)6-8-9(16)2-1-3-10(8)17/h1-5H,6,18H2,(H,19,20). The van der Waals surface area contributed by atoms with E-state index in [4.69, 9.17) is 17.3 Å². The van der Waals surface area contributed by atoms with Crippen molar-refractivity contribution in [1.82, 2.24) is 9.97 Å². The molecule has 0 saturated carbocycles. The van der Waals surface area contributed by atoms with Gasteiger partial charge in [-0.3, -0.25) is 0 Å². The summed E-state index contributed by atoms with van der Waals surface area (Å²) in [5.41, 5.74) is 7.38. The van der Waals surface area contributed by atoms with Crippen LogP contribution in [0.2, 0.25) is 5.02 Å². The molecule has 0 spiro atoms. The molecular formula is C14H10ClF2N3. The minimum atomic E-state index is -0.600. The number of aromatic nitrogens is 2. The van der Waals surface area contributed by atoms with Crippen molar-refractivity contribution in [2.45, 2.75) is 6.42 Å². The van der Waals surface area contributed by atoms with Gasteiger partial charge >= 0.3 is 0 Å². The van der Waals surface area contributed by atoms with Crippen molar-refractivity contribution < 1.29 is 8.78 Å². The van der Waals surface area contributed by atoms with Gasteiger partial charge in [0.15, 0.2) is 0 Å². The van der Waals surface area contributed by atoms with E-state index < -0.39 is 11.6 Å². The van der Waals surface area contributed by atoms with Gasteiger partial charge in [-0.2, -0.15) is 0 Å². The molecule has 102 valence electrons. The summed E-state index contributed by atoms with van der Waals surface area (Å²) in [4.78, 5) is 7.23. The number of nitrogens with zero attached hydrogens (tertiary/aromatic N) is 1. The number of rotatable bonds is 2. The van der Waals surface area contributed by atoms with Crippen LogP contribution >= 0.6 is 11.6 Å². The first-order valence-electron chi connectivity index (χ1n) is 5.91. The number of anilines is 1. The predicted molar refractivity (Wildman–Crippen MR) is 74.7 cm³/mol. The third-order valence-corrected chi connectivity index (χ3v) is 3.25. The van der Waals surface area contributed by atoms with Gasteiger partial charge in [0, 0.05) is 17.0 Å². The number of hydrogen-bond donors (Lipinski definition) is 2. The molecular weight excluding hydrogens is 284 g/mol. The van der Waals surface area contributed by atoms with Gasteiger partial charge in [-0.25, -0.2) is 13.8 Å². The molecule has 0 unspecified atom stereocenters. The molecule has 0 aliphatic carbocycles. The van der Waals surface area contributed by atoms with Gasteiger partial charge in [-0.15, -0.1) is 0 Å². The zero-order valence-electron chi connectivity index (χ0n) is 10.3. The zero-order chi connectivity index (χ0) is 14.3. The summed E-state index contributed by atoms with van der Waals surface area (Å²) in [5.74, 6) is -0.772.